The Morgan fingerprint density at radius 1 is 1.29 bits per heavy atom. The first-order valence-corrected chi connectivity index (χ1v) is 8.18. The first-order chi connectivity index (χ1) is 9.97. The summed E-state index contributed by atoms with van der Waals surface area (Å²) in [5.41, 5.74) is 0.391. The molecule has 2 rings (SSSR count). The number of rotatable bonds is 4. The number of nitrogens with one attached hydrogen (secondary N) is 1. The van der Waals surface area contributed by atoms with Crippen molar-refractivity contribution >= 4 is 29.2 Å². The average Bonchev–Trinajstić information content (AvgIpc) is 2.40. The van der Waals surface area contributed by atoms with Crippen LogP contribution in [0.1, 0.15) is 36.0 Å². The zero-order valence-electron chi connectivity index (χ0n) is 12.5. The molecule has 1 aromatic carbocycles. The van der Waals surface area contributed by atoms with Gasteiger partial charge in [0.15, 0.2) is 0 Å². The molecule has 0 spiro atoms. The molecule has 116 valence electrons. The number of hydrogen-bond donors (Lipinski definition) is 1. The van der Waals surface area contributed by atoms with Gasteiger partial charge in [0.05, 0.1) is 31.2 Å². The molecule has 0 bridgehead atoms. The molecule has 0 aliphatic heterocycles. The second kappa shape index (κ2) is 7.48. The van der Waals surface area contributed by atoms with E-state index in [0.717, 1.165) is 25.8 Å². The van der Waals surface area contributed by atoms with Crippen LogP contribution in [-0.4, -0.2) is 32.7 Å². The van der Waals surface area contributed by atoms with Crippen molar-refractivity contribution in [3.63, 3.8) is 0 Å². The topological polar surface area (TPSA) is 30.7 Å². The second-order valence-electron chi connectivity index (χ2n) is 6.02. The largest absolute Gasteiger partial charge is 0.458 e. The maximum absolute atomic E-state index is 12.3. The highest BCUT2D eigenvalue weighted by Gasteiger charge is 2.31. The molecule has 0 heterocycles. The van der Waals surface area contributed by atoms with Gasteiger partial charge in [-0.05, 0) is 37.5 Å². The SMILES string of the molecule is C[NH+](C)C[C@@H]1CCCC[C@@H]1OC(=O)c1ccc(Cl)cc1Cl. The molecule has 1 aromatic rings. The van der Waals surface area contributed by atoms with E-state index >= 15 is 0 Å². The summed E-state index contributed by atoms with van der Waals surface area (Å²) >= 11 is 11.9. The lowest BCUT2D eigenvalue weighted by Crippen LogP contribution is -3.06. The molecule has 0 radical (unpaired) electrons. The van der Waals surface area contributed by atoms with Gasteiger partial charge >= 0.3 is 5.97 Å². The molecule has 0 unspecified atom stereocenters. The quantitative estimate of drug-likeness (QED) is 0.860. The molecule has 1 fully saturated rings. The first kappa shape index (κ1) is 16.6. The highest BCUT2D eigenvalue weighted by atomic mass is 35.5. The van der Waals surface area contributed by atoms with E-state index < -0.39 is 0 Å². The van der Waals surface area contributed by atoms with Crippen molar-refractivity contribution in [1.29, 1.82) is 0 Å². The lowest BCUT2D eigenvalue weighted by molar-refractivity contribution is -0.862. The Balaban J connectivity index is 2.06. The van der Waals surface area contributed by atoms with Crippen LogP contribution >= 0.6 is 23.2 Å². The molecule has 0 amide bonds. The van der Waals surface area contributed by atoms with E-state index in [4.69, 9.17) is 27.9 Å². The molecular formula is C16H22Cl2NO2+. The highest BCUT2D eigenvalue weighted by Crippen LogP contribution is 2.28. The van der Waals surface area contributed by atoms with E-state index in [2.05, 4.69) is 14.1 Å². The Morgan fingerprint density at radius 3 is 2.67 bits per heavy atom. The summed E-state index contributed by atoms with van der Waals surface area (Å²) in [4.78, 5) is 13.7. The predicted octanol–water partition coefficient (Wildman–Crippen LogP) is 2.85. The van der Waals surface area contributed by atoms with Gasteiger partial charge < -0.3 is 9.64 Å². The van der Waals surface area contributed by atoms with Crippen molar-refractivity contribution in [2.45, 2.75) is 31.8 Å². The van der Waals surface area contributed by atoms with Crippen LogP contribution in [0.25, 0.3) is 0 Å². The fourth-order valence-corrected chi connectivity index (χ4v) is 3.43. The Morgan fingerprint density at radius 2 is 2.00 bits per heavy atom. The summed E-state index contributed by atoms with van der Waals surface area (Å²) < 4.78 is 5.73. The summed E-state index contributed by atoms with van der Waals surface area (Å²) in [6.45, 7) is 1.02. The van der Waals surface area contributed by atoms with E-state index in [0.29, 0.717) is 21.5 Å². The van der Waals surface area contributed by atoms with Gasteiger partial charge in [-0.25, -0.2) is 4.79 Å². The minimum atomic E-state index is -0.345. The molecule has 0 aromatic heterocycles. The number of halogens is 2. The minimum absolute atomic E-state index is 0.00658. The fourth-order valence-electron chi connectivity index (χ4n) is 2.94. The maximum Gasteiger partial charge on any atom is 0.339 e. The molecule has 1 aliphatic rings. The number of carbonyl (C=O) groups excluding carboxylic acids is 1. The van der Waals surface area contributed by atoms with Gasteiger partial charge in [0.2, 0.25) is 0 Å². The van der Waals surface area contributed by atoms with Crippen molar-refractivity contribution in [3.05, 3.63) is 33.8 Å². The molecule has 1 saturated carbocycles. The lowest BCUT2D eigenvalue weighted by Gasteiger charge is -2.31. The number of benzene rings is 1. The second-order valence-corrected chi connectivity index (χ2v) is 6.87. The Kier molecular flexibility index (Phi) is 5.91. The monoisotopic (exact) mass is 330 g/mol. The van der Waals surface area contributed by atoms with Crippen molar-refractivity contribution in [3.8, 4) is 0 Å². The highest BCUT2D eigenvalue weighted by molar-refractivity contribution is 6.36. The summed E-state index contributed by atoms with van der Waals surface area (Å²) in [5, 5.41) is 0.862. The van der Waals surface area contributed by atoms with Crippen molar-refractivity contribution < 1.29 is 14.4 Å². The van der Waals surface area contributed by atoms with Crippen molar-refractivity contribution in [2.24, 2.45) is 5.92 Å². The van der Waals surface area contributed by atoms with Crippen LogP contribution in [0.4, 0.5) is 0 Å². The third kappa shape index (κ3) is 4.60. The number of carbonyl (C=O) groups is 1. The summed E-state index contributed by atoms with van der Waals surface area (Å²) in [5.74, 6) is 0.0844. The lowest BCUT2D eigenvalue weighted by atomic mass is 9.86. The zero-order chi connectivity index (χ0) is 15.4. The Hall–Kier alpha value is -0.770. The molecule has 21 heavy (non-hydrogen) atoms. The standard InChI is InChI=1S/C16H21Cl2NO2/c1-19(2)10-11-5-3-4-6-15(11)21-16(20)13-8-7-12(17)9-14(13)18/h7-9,11,15H,3-6,10H2,1-2H3/p+1/t11-,15-/m0/s1. The van der Waals surface area contributed by atoms with Crippen LogP contribution < -0.4 is 4.90 Å². The first-order valence-electron chi connectivity index (χ1n) is 7.42. The van der Waals surface area contributed by atoms with E-state index in [1.165, 1.54) is 11.3 Å². The van der Waals surface area contributed by atoms with E-state index in [1.807, 2.05) is 0 Å². The van der Waals surface area contributed by atoms with Crippen LogP contribution in [0.5, 0.6) is 0 Å². The maximum atomic E-state index is 12.3. The van der Waals surface area contributed by atoms with Gasteiger partial charge in [0.1, 0.15) is 6.10 Å². The van der Waals surface area contributed by atoms with Gasteiger partial charge in [0, 0.05) is 10.9 Å². The van der Waals surface area contributed by atoms with Crippen LogP contribution in [0, 0.1) is 5.92 Å². The molecular weight excluding hydrogens is 309 g/mol. The number of hydrogen-bond acceptors (Lipinski definition) is 2. The van der Waals surface area contributed by atoms with Crippen LogP contribution in [0.2, 0.25) is 10.0 Å². The number of quaternary nitrogens is 1. The summed E-state index contributed by atoms with van der Waals surface area (Å²) in [7, 11) is 4.26. The van der Waals surface area contributed by atoms with Crippen LogP contribution in [0.15, 0.2) is 18.2 Å². The van der Waals surface area contributed by atoms with Crippen molar-refractivity contribution in [2.75, 3.05) is 20.6 Å². The molecule has 2 atom stereocenters. The third-order valence-corrected chi connectivity index (χ3v) is 4.47. The van der Waals surface area contributed by atoms with Gasteiger partial charge in [0.25, 0.3) is 0 Å². The Bertz CT molecular complexity index is 505. The zero-order valence-corrected chi connectivity index (χ0v) is 14.0. The molecule has 1 N–H and O–H groups in total. The van der Waals surface area contributed by atoms with Gasteiger partial charge in [-0.2, -0.15) is 0 Å². The van der Waals surface area contributed by atoms with E-state index in [1.54, 1.807) is 18.2 Å². The average molecular weight is 331 g/mol. The molecule has 3 nitrogen and oxygen atoms in total. The molecule has 5 heteroatoms. The van der Waals surface area contributed by atoms with Crippen molar-refractivity contribution in [1.82, 2.24) is 0 Å². The third-order valence-electron chi connectivity index (χ3n) is 3.92. The van der Waals surface area contributed by atoms with Crippen LogP contribution in [-0.2, 0) is 4.74 Å². The molecule has 0 saturated heterocycles. The smallest absolute Gasteiger partial charge is 0.339 e. The predicted molar refractivity (Wildman–Crippen MR) is 85.3 cm³/mol. The van der Waals surface area contributed by atoms with E-state index in [-0.39, 0.29) is 12.1 Å². The minimum Gasteiger partial charge on any atom is -0.458 e. The fraction of sp³-hybridized carbons (Fsp3) is 0.562. The molecule has 1 aliphatic carbocycles. The summed E-state index contributed by atoms with van der Waals surface area (Å²) in [6.07, 6.45) is 4.39. The number of esters is 1. The van der Waals surface area contributed by atoms with Gasteiger partial charge in [-0.3, -0.25) is 0 Å². The number of ether oxygens (including phenoxy) is 1. The Labute approximate surface area is 136 Å². The summed E-state index contributed by atoms with van der Waals surface area (Å²) in [6, 6.07) is 4.86. The normalized spacial score (nSPS) is 22.3. The van der Waals surface area contributed by atoms with Crippen LogP contribution in [0.3, 0.4) is 0 Å². The van der Waals surface area contributed by atoms with Gasteiger partial charge in [-0.15, -0.1) is 0 Å². The van der Waals surface area contributed by atoms with E-state index in [9.17, 15) is 4.79 Å². The van der Waals surface area contributed by atoms with Gasteiger partial charge in [-0.1, -0.05) is 29.6 Å².